The van der Waals surface area contributed by atoms with E-state index in [1.807, 2.05) is 0 Å². The van der Waals surface area contributed by atoms with Gasteiger partial charge in [0.05, 0.1) is 0 Å². The lowest BCUT2D eigenvalue weighted by Crippen LogP contribution is -2.06. The SMILES string of the molecule is C1C[CH2][AlH][O]C1.O=C(O)CC(=O)O. The van der Waals surface area contributed by atoms with Crippen LogP contribution in [0.1, 0.15) is 19.3 Å². The number of hydrogen-bond acceptors (Lipinski definition) is 3. The first kappa shape index (κ1) is 12.4. The number of carboxylic acids is 2. The smallest absolute Gasteiger partial charge is 0.435 e. The fraction of sp³-hybridized carbons (Fsp3) is 0.714. The molecule has 74 valence electrons. The summed E-state index contributed by atoms with van der Waals surface area (Å²) in [4.78, 5) is 18.9. The first-order valence-corrected chi connectivity index (χ1v) is 5.72. The monoisotopic (exact) mass is 204 g/mol. The second-order valence-electron chi connectivity index (χ2n) is 2.64. The van der Waals surface area contributed by atoms with Crippen molar-refractivity contribution in [2.75, 3.05) is 6.61 Å². The lowest BCUT2D eigenvalue weighted by atomic mass is 10.4. The van der Waals surface area contributed by atoms with E-state index < -0.39 is 18.4 Å². The molecule has 0 aromatic heterocycles. The lowest BCUT2D eigenvalue weighted by Gasteiger charge is -2.06. The summed E-state index contributed by atoms with van der Waals surface area (Å²) < 4.78 is 5.21. The third-order valence-electron chi connectivity index (χ3n) is 1.38. The van der Waals surface area contributed by atoms with Crippen molar-refractivity contribution in [3.63, 3.8) is 0 Å². The van der Waals surface area contributed by atoms with Crippen LogP contribution in [0.3, 0.4) is 0 Å². The molecule has 0 unspecified atom stereocenters. The molecule has 1 saturated heterocycles. The van der Waals surface area contributed by atoms with Crippen LogP contribution in [0.2, 0.25) is 5.28 Å². The van der Waals surface area contributed by atoms with Gasteiger partial charge in [-0.2, -0.15) is 0 Å². The molecular formula is C7H13AlO5. The maximum Gasteiger partial charge on any atom is 0.435 e. The van der Waals surface area contributed by atoms with Crippen molar-refractivity contribution >= 4 is 27.5 Å². The van der Waals surface area contributed by atoms with Crippen LogP contribution in [-0.4, -0.2) is 44.3 Å². The normalized spacial score (nSPS) is 14.8. The molecular weight excluding hydrogens is 191 g/mol. The molecule has 0 amide bonds. The minimum Gasteiger partial charge on any atom is -0.503 e. The number of carbonyl (C=O) groups is 2. The van der Waals surface area contributed by atoms with Gasteiger partial charge in [0.1, 0.15) is 6.42 Å². The molecule has 1 aliphatic heterocycles. The van der Waals surface area contributed by atoms with Crippen LogP contribution in [-0.2, 0) is 13.4 Å². The third-order valence-corrected chi connectivity index (χ3v) is 2.75. The Labute approximate surface area is 82.7 Å². The maximum atomic E-state index is 9.43. The van der Waals surface area contributed by atoms with Crippen molar-refractivity contribution in [2.45, 2.75) is 24.5 Å². The molecule has 1 fully saturated rings. The van der Waals surface area contributed by atoms with Gasteiger partial charge < -0.3 is 14.0 Å². The Hall–Kier alpha value is -0.568. The molecule has 6 heteroatoms. The number of aliphatic carboxylic acids is 2. The lowest BCUT2D eigenvalue weighted by molar-refractivity contribution is -0.147. The fourth-order valence-corrected chi connectivity index (χ4v) is 1.99. The van der Waals surface area contributed by atoms with Gasteiger partial charge in [-0.1, -0.05) is 11.7 Å². The molecule has 0 saturated carbocycles. The summed E-state index contributed by atoms with van der Waals surface area (Å²) in [5, 5.41) is 16.8. The third kappa shape index (κ3) is 11.4. The van der Waals surface area contributed by atoms with E-state index in [1.165, 1.54) is 18.1 Å². The summed E-state index contributed by atoms with van der Waals surface area (Å²) in [5.41, 5.74) is 0. The number of carboxylic acid groups (broad SMARTS) is 2. The van der Waals surface area contributed by atoms with Gasteiger partial charge in [-0.3, -0.25) is 9.59 Å². The quantitative estimate of drug-likeness (QED) is 0.492. The van der Waals surface area contributed by atoms with E-state index in [-0.39, 0.29) is 15.6 Å². The van der Waals surface area contributed by atoms with Crippen molar-refractivity contribution in [2.24, 2.45) is 0 Å². The Morgan fingerprint density at radius 3 is 1.92 bits per heavy atom. The average molecular weight is 204 g/mol. The minimum absolute atomic E-state index is 0.00849. The highest BCUT2D eigenvalue weighted by Gasteiger charge is 2.01. The zero-order valence-corrected chi connectivity index (χ0v) is 8.78. The predicted molar refractivity (Wildman–Crippen MR) is 47.0 cm³/mol. The van der Waals surface area contributed by atoms with Gasteiger partial charge >= 0.3 is 27.5 Å². The summed E-state index contributed by atoms with van der Waals surface area (Å²) in [6.45, 7) is 1.06. The Morgan fingerprint density at radius 1 is 1.23 bits per heavy atom. The predicted octanol–water partition coefficient (Wildman–Crippen LogP) is 0.112. The first-order chi connectivity index (χ1) is 6.13. The van der Waals surface area contributed by atoms with Crippen LogP contribution in [0.15, 0.2) is 0 Å². The van der Waals surface area contributed by atoms with Crippen molar-refractivity contribution in [3.05, 3.63) is 0 Å². The molecule has 1 aliphatic rings. The van der Waals surface area contributed by atoms with E-state index in [2.05, 4.69) is 0 Å². The molecule has 13 heavy (non-hydrogen) atoms. The van der Waals surface area contributed by atoms with Gasteiger partial charge in [0.25, 0.3) is 0 Å². The molecule has 0 bridgehead atoms. The second-order valence-corrected chi connectivity index (χ2v) is 4.16. The van der Waals surface area contributed by atoms with Crippen molar-refractivity contribution in [1.29, 1.82) is 0 Å². The van der Waals surface area contributed by atoms with E-state index in [0.717, 1.165) is 6.61 Å². The van der Waals surface area contributed by atoms with Gasteiger partial charge in [-0.25, -0.2) is 0 Å². The van der Waals surface area contributed by atoms with Crippen molar-refractivity contribution in [3.8, 4) is 0 Å². The van der Waals surface area contributed by atoms with Crippen LogP contribution in [0.25, 0.3) is 0 Å². The maximum absolute atomic E-state index is 9.43. The van der Waals surface area contributed by atoms with E-state index in [4.69, 9.17) is 14.0 Å². The Balaban J connectivity index is 0.000000223. The molecule has 1 rings (SSSR count). The van der Waals surface area contributed by atoms with Crippen LogP contribution in [0, 0.1) is 0 Å². The van der Waals surface area contributed by atoms with Gasteiger partial charge in [-0.15, -0.1) is 0 Å². The standard InChI is InChI=1S/C4H8O.C3H4O4.Al.H/c1-2-3-4-5;4-2(5)1-3(6)7;;/h1-4H2;1H2,(H,4,5)(H,6,7);;/q-1;;+1;. The zero-order valence-electron chi connectivity index (χ0n) is 7.36. The largest absolute Gasteiger partial charge is 0.503 e. The van der Waals surface area contributed by atoms with Crippen molar-refractivity contribution in [1.82, 2.24) is 0 Å². The van der Waals surface area contributed by atoms with E-state index in [0.29, 0.717) is 0 Å². The molecule has 1 heterocycles. The molecule has 2 N–H and O–H groups in total. The Morgan fingerprint density at radius 2 is 1.85 bits per heavy atom. The summed E-state index contributed by atoms with van der Waals surface area (Å²) >= 11 is 0.00849. The topological polar surface area (TPSA) is 83.8 Å². The van der Waals surface area contributed by atoms with E-state index in [9.17, 15) is 9.59 Å². The highest BCUT2D eigenvalue weighted by Crippen LogP contribution is 2.01. The summed E-state index contributed by atoms with van der Waals surface area (Å²) in [7, 11) is 0. The van der Waals surface area contributed by atoms with Gasteiger partial charge in [-0.05, 0) is 6.42 Å². The van der Waals surface area contributed by atoms with Crippen LogP contribution in [0.4, 0.5) is 0 Å². The molecule has 5 nitrogen and oxygen atoms in total. The second kappa shape index (κ2) is 8.05. The highest BCUT2D eigenvalue weighted by atomic mass is 27.1. The van der Waals surface area contributed by atoms with Crippen molar-refractivity contribution < 1.29 is 23.6 Å². The van der Waals surface area contributed by atoms with Gasteiger partial charge in [0.15, 0.2) is 0 Å². The van der Waals surface area contributed by atoms with Crippen LogP contribution < -0.4 is 0 Å². The Kier molecular flexibility index (Phi) is 7.70. The molecule has 0 radical (unpaired) electrons. The molecule has 0 aromatic carbocycles. The summed E-state index contributed by atoms with van der Waals surface area (Å²) in [5.74, 6) is -2.62. The summed E-state index contributed by atoms with van der Waals surface area (Å²) in [6, 6.07) is 0. The average Bonchev–Trinajstić information content (AvgIpc) is 2.06. The molecule has 0 spiro atoms. The van der Waals surface area contributed by atoms with E-state index in [1.54, 1.807) is 0 Å². The number of rotatable bonds is 2. The summed E-state index contributed by atoms with van der Waals surface area (Å²) in [6.07, 6.45) is 1.94. The van der Waals surface area contributed by atoms with Crippen LogP contribution in [0.5, 0.6) is 0 Å². The fourth-order valence-electron chi connectivity index (χ4n) is 0.816. The van der Waals surface area contributed by atoms with E-state index >= 15 is 0 Å². The molecule has 0 aromatic rings. The molecule has 0 aliphatic carbocycles. The molecule has 0 atom stereocenters. The highest BCUT2D eigenvalue weighted by molar-refractivity contribution is 6.27. The van der Waals surface area contributed by atoms with Gasteiger partial charge in [0, 0.05) is 6.61 Å². The zero-order chi connectivity index (χ0) is 10.1. The minimum atomic E-state index is -1.31. The van der Waals surface area contributed by atoms with Crippen LogP contribution >= 0.6 is 0 Å². The first-order valence-electron chi connectivity index (χ1n) is 4.14. The number of hydrogen-bond donors (Lipinski definition) is 2. The Bertz CT molecular complexity index is 143. The van der Waals surface area contributed by atoms with Gasteiger partial charge in [0.2, 0.25) is 0 Å².